The lowest BCUT2D eigenvalue weighted by atomic mass is 10.1. The lowest BCUT2D eigenvalue weighted by Crippen LogP contribution is -2.42. The fourth-order valence-electron chi connectivity index (χ4n) is 2.39. The fraction of sp³-hybridized carbons (Fsp3) is 0.500. The summed E-state index contributed by atoms with van der Waals surface area (Å²) in [5, 5.41) is 3.96. The normalized spacial score (nSPS) is 18.6. The Labute approximate surface area is 132 Å². The van der Waals surface area contributed by atoms with Crippen LogP contribution in [0.3, 0.4) is 0 Å². The summed E-state index contributed by atoms with van der Waals surface area (Å²) in [6.07, 6.45) is 2.00. The second-order valence-corrected chi connectivity index (χ2v) is 6.34. The lowest BCUT2D eigenvalue weighted by molar-refractivity contribution is 0.0692. The summed E-state index contributed by atoms with van der Waals surface area (Å²) in [4.78, 5) is 14.6. The monoisotopic (exact) mass is 392 g/mol. The molecule has 1 N–H and O–H groups in total. The minimum Gasteiger partial charge on any atom is -0.334 e. The molecule has 104 valence electrons. The van der Waals surface area contributed by atoms with Crippen LogP contribution in [0.1, 0.15) is 30.1 Å². The average molecular weight is 393 g/mol. The Kier molecular flexibility index (Phi) is 5.47. The molecule has 1 heterocycles. The van der Waals surface area contributed by atoms with Gasteiger partial charge >= 0.3 is 0 Å². The van der Waals surface area contributed by atoms with Gasteiger partial charge in [0.25, 0.3) is 5.91 Å². The number of rotatable bonds is 4. The van der Waals surface area contributed by atoms with Gasteiger partial charge in [0.1, 0.15) is 0 Å². The molecule has 0 bridgehead atoms. The van der Waals surface area contributed by atoms with Crippen LogP contribution in [-0.2, 0) is 0 Å². The van der Waals surface area contributed by atoms with Crippen LogP contribution in [0.15, 0.2) is 18.2 Å². The van der Waals surface area contributed by atoms with Crippen LogP contribution in [-0.4, -0.2) is 36.5 Å². The van der Waals surface area contributed by atoms with Gasteiger partial charge in [-0.15, -0.1) is 0 Å². The van der Waals surface area contributed by atoms with E-state index in [1.807, 2.05) is 17.0 Å². The van der Waals surface area contributed by atoms with E-state index in [2.05, 4.69) is 34.8 Å². The Morgan fingerprint density at radius 1 is 1.58 bits per heavy atom. The van der Waals surface area contributed by atoms with Crippen LogP contribution in [0.5, 0.6) is 0 Å². The van der Waals surface area contributed by atoms with Crippen molar-refractivity contribution in [3.63, 3.8) is 0 Å². The maximum absolute atomic E-state index is 12.6. The number of carbonyl (C=O) groups is 1. The summed E-state index contributed by atoms with van der Waals surface area (Å²) in [5.74, 6) is 0.0915. The van der Waals surface area contributed by atoms with E-state index in [-0.39, 0.29) is 5.91 Å². The van der Waals surface area contributed by atoms with E-state index in [9.17, 15) is 4.79 Å². The minimum absolute atomic E-state index is 0.0915. The Morgan fingerprint density at radius 3 is 2.95 bits per heavy atom. The zero-order chi connectivity index (χ0) is 13.8. The predicted octanol–water partition coefficient (Wildman–Crippen LogP) is 3.16. The third-order valence-electron chi connectivity index (χ3n) is 3.37. The lowest BCUT2D eigenvalue weighted by Gasteiger charge is -2.28. The first-order valence-electron chi connectivity index (χ1n) is 6.60. The quantitative estimate of drug-likeness (QED) is 0.798. The zero-order valence-corrected chi connectivity index (χ0v) is 13.9. The molecule has 1 amide bonds. The summed E-state index contributed by atoms with van der Waals surface area (Å²) in [7, 11) is 0. The van der Waals surface area contributed by atoms with Crippen molar-refractivity contribution in [2.24, 2.45) is 0 Å². The van der Waals surface area contributed by atoms with Gasteiger partial charge in [-0.1, -0.05) is 18.5 Å². The maximum atomic E-state index is 12.6. The van der Waals surface area contributed by atoms with Crippen molar-refractivity contribution >= 4 is 40.1 Å². The van der Waals surface area contributed by atoms with Crippen molar-refractivity contribution in [1.82, 2.24) is 10.2 Å². The zero-order valence-electron chi connectivity index (χ0n) is 11.0. The Balaban J connectivity index is 2.20. The van der Waals surface area contributed by atoms with Gasteiger partial charge in [-0.2, -0.15) is 0 Å². The second-order valence-electron chi connectivity index (χ2n) is 4.77. The molecule has 1 aromatic rings. The van der Waals surface area contributed by atoms with Gasteiger partial charge in [0.2, 0.25) is 0 Å². The van der Waals surface area contributed by atoms with E-state index in [0.29, 0.717) is 16.6 Å². The molecular weight excluding hydrogens is 375 g/mol. The van der Waals surface area contributed by atoms with Crippen molar-refractivity contribution in [3.05, 3.63) is 32.4 Å². The molecule has 5 heteroatoms. The molecule has 3 nitrogen and oxygen atoms in total. The summed E-state index contributed by atoms with van der Waals surface area (Å²) >= 11 is 8.28. The second kappa shape index (κ2) is 6.90. The summed E-state index contributed by atoms with van der Waals surface area (Å²) in [5.41, 5.74) is 0.686. The average Bonchev–Trinajstić information content (AvgIpc) is 2.92. The molecule has 1 saturated heterocycles. The van der Waals surface area contributed by atoms with Crippen molar-refractivity contribution in [1.29, 1.82) is 0 Å². The van der Waals surface area contributed by atoms with E-state index >= 15 is 0 Å². The molecule has 1 unspecified atom stereocenters. The Hall–Kier alpha value is -0.330. The van der Waals surface area contributed by atoms with Crippen molar-refractivity contribution in [2.75, 3.05) is 19.6 Å². The highest BCUT2D eigenvalue weighted by Crippen LogP contribution is 2.22. The first-order chi connectivity index (χ1) is 9.13. The maximum Gasteiger partial charge on any atom is 0.254 e. The SMILES string of the molecule is CCCN(C(=O)c1ccc(I)c(Cl)c1)C1CCNC1. The first kappa shape index (κ1) is 15.1. The van der Waals surface area contributed by atoms with Gasteiger partial charge in [0, 0.05) is 28.3 Å². The van der Waals surface area contributed by atoms with Gasteiger partial charge in [-0.05, 0) is 60.2 Å². The van der Waals surface area contributed by atoms with Crippen LogP contribution in [0.25, 0.3) is 0 Å². The van der Waals surface area contributed by atoms with Crippen LogP contribution >= 0.6 is 34.2 Å². The van der Waals surface area contributed by atoms with Gasteiger partial charge in [0.15, 0.2) is 0 Å². The Bertz CT molecular complexity index is 461. The molecule has 1 atom stereocenters. The van der Waals surface area contributed by atoms with Crippen molar-refractivity contribution in [2.45, 2.75) is 25.8 Å². The molecule has 1 fully saturated rings. The molecular formula is C14H18ClIN2O. The summed E-state index contributed by atoms with van der Waals surface area (Å²) in [6, 6.07) is 5.84. The molecule has 1 aliphatic rings. The van der Waals surface area contributed by atoms with E-state index in [4.69, 9.17) is 11.6 Å². The molecule has 2 rings (SSSR count). The van der Waals surface area contributed by atoms with E-state index in [0.717, 1.165) is 36.0 Å². The highest BCUT2D eigenvalue weighted by atomic mass is 127. The van der Waals surface area contributed by atoms with Crippen LogP contribution in [0, 0.1) is 3.57 Å². The standard InChI is InChI=1S/C14H18ClIN2O/c1-2-7-18(11-5-6-17-9-11)14(19)10-3-4-13(16)12(15)8-10/h3-4,8,11,17H,2,5-7,9H2,1H3. The van der Waals surface area contributed by atoms with Gasteiger partial charge < -0.3 is 10.2 Å². The number of hydrogen-bond acceptors (Lipinski definition) is 2. The number of benzene rings is 1. The third kappa shape index (κ3) is 3.61. The minimum atomic E-state index is 0.0915. The van der Waals surface area contributed by atoms with Gasteiger partial charge in [-0.25, -0.2) is 0 Å². The van der Waals surface area contributed by atoms with E-state index in [1.165, 1.54) is 0 Å². The molecule has 0 aromatic heterocycles. The first-order valence-corrected chi connectivity index (χ1v) is 8.06. The Morgan fingerprint density at radius 2 is 2.37 bits per heavy atom. The van der Waals surface area contributed by atoms with Crippen molar-refractivity contribution in [3.8, 4) is 0 Å². The number of hydrogen-bond donors (Lipinski definition) is 1. The third-order valence-corrected chi connectivity index (χ3v) is 4.94. The molecule has 0 aliphatic carbocycles. The van der Waals surface area contributed by atoms with Crippen LogP contribution in [0.2, 0.25) is 5.02 Å². The predicted molar refractivity (Wildman–Crippen MR) is 86.8 cm³/mol. The largest absolute Gasteiger partial charge is 0.334 e. The molecule has 0 radical (unpaired) electrons. The number of nitrogens with zero attached hydrogens (tertiary/aromatic N) is 1. The van der Waals surface area contributed by atoms with E-state index < -0.39 is 0 Å². The van der Waals surface area contributed by atoms with Gasteiger partial charge in [0.05, 0.1) is 5.02 Å². The summed E-state index contributed by atoms with van der Waals surface area (Å²) in [6.45, 7) is 4.79. The van der Waals surface area contributed by atoms with Crippen LogP contribution < -0.4 is 5.32 Å². The van der Waals surface area contributed by atoms with Crippen molar-refractivity contribution < 1.29 is 4.79 Å². The molecule has 1 aliphatic heterocycles. The van der Waals surface area contributed by atoms with Gasteiger partial charge in [-0.3, -0.25) is 4.79 Å². The molecule has 0 saturated carbocycles. The molecule has 1 aromatic carbocycles. The highest BCUT2D eigenvalue weighted by Gasteiger charge is 2.26. The van der Waals surface area contributed by atoms with Crippen LogP contribution in [0.4, 0.5) is 0 Å². The summed E-state index contributed by atoms with van der Waals surface area (Å²) < 4.78 is 0.973. The smallest absolute Gasteiger partial charge is 0.254 e. The molecule has 0 spiro atoms. The fourth-order valence-corrected chi connectivity index (χ4v) is 2.91. The number of carbonyl (C=O) groups excluding carboxylic acids is 1. The number of amides is 1. The van der Waals surface area contributed by atoms with E-state index in [1.54, 1.807) is 6.07 Å². The highest BCUT2D eigenvalue weighted by molar-refractivity contribution is 14.1. The molecule has 19 heavy (non-hydrogen) atoms. The topological polar surface area (TPSA) is 32.3 Å². The number of halogens is 2. The number of nitrogens with one attached hydrogen (secondary N) is 1.